The number of aromatic nitrogens is 1. The zero-order chi connectivity index (χ0) is 23.4. The first-order chi connectivity index (χ1) is 15.7. The van der Waals surface area contributed by atoms with Gasteiger partial charge in [-0.3, -0.25) is 25.2 Å². The van der Waals surface area contributed by atoms with Crippen LogP contribution in [0.15, 0.2) is 65.7 Å². The van der Waals surface area contributed by atoms with Gasteiger partial charge >= 0.3 is 5.97 Å². The minimum atomic E-state index is -4.26. The Morgan fingerprint density at radius 3 is 2.67 bits per heavy atom. The quantitative estimate of drug-likeness (QED) is 0.429. The molecule has 2 N–H and O–H groups in total. The molecule has 33 heavy (non-hydrogen) atoms. The number of carboxylic acids is 1. The van der Waals surface area contributed by atoms with E-state index in [-0.39, 0.29) is 19.1 Å². The minimum Gasteiger partial charge on any atom is -0.480 e. The highest BCUT2D eigenvalue weighted by atomic mass is 32.2. The molecule has 0 amide bonds. The molecule has 0 aliphatic carbocycles. The van der Waals surface area contributed by atoms with E-state index >= 15 is 0 Å². The number of carbonyl (C=O) groups is 1. The summed E-state index contributed by atoms with van der Waals surface area (Å²) in [6.07, 6.45) is 2.10. The van der Waals surface area contributed by atoms with Gasteiger partial charge in [0.2, 0.25) is 10.0 Å². The zero-order valence-corrected chi connectivity index (χ0v) is 18.1. The Kier molecular flexibility index (Phi) is 4.92. The third kappa shape index (κ3) is 3.36. The monoisotopic (exact) mass is 468 g/mol. The molecular formula is C22H20N4O6S. The fraction of sp³-hybridized carbons (Fsp3) is 0.273. The highest BCUT2D eigenvalue weighted by molar-refractivity contribution is 7.89. The molecule has 1 aromatic heterocycles. The molecule has 3 unspecified atom stereocenters. The molecule has 2 aromatic carbocycles. The maximum atomic E-state index is 13.2. The van der Waals surface area contributed by atoms with E-state index in [9.17, 15) is 28.4 Å². The first-order valence-corrected chi connectivity index (χ1v) is 11.8. The molecule has 2 saturated heterocycles. The lowest BCUT2D eigenvalue weighted by molar-refractivity contribution is -0.387. The van der Waals surface area contributed by atoms with Crippen LogP contribution in [0, 0.1) is 16.0 Å². The maximum Gasteiger partial charge on any atom is 0.325 e. The third-order valence-corrected chi connectivity index (χ3v) is 8.43. The van der Waals surface area contributed by atoms with Crippen molar-refractivity contribution in [3.05, 3.63) is 76.5 Å². The topological polar surface area (TPSA) is 143 Å². The number of benzene rings is 2. The molecular weight excluding hydrogens is 448 g/mol. The van der Waals surface area contributed by atoms with E-state index in [0.717, 1.165) is 26.8 Å². The number of pyridine rings is 1. The lowest BCUT2D eigenvalue weighted by Gasteiger charge is -2.26. The molecule has 170 valence electrons. The van der Waals surface area contributed by atoms with E-state index in [1.807, 2.05) is 30.3 Å². The largest absolute Gasteiger partial charge is 0.480 e. The Morgan fingerprint density at radius 1 is 1.21 bits per heavy atom. The van der Waals surface area contributed by atoms with Gasteiger partial charge in [-0.25, -0.2) is 8.42 Å². The predicted octanol–water partition coefficient (Wildman–Crippen LogP) is 2.32. The fourth-order valence-electron chi connectivity index (χ4n) is 4.92. The highest BCUT2D eigenvalue weighted by Crippen LogP contribution is 2.45. The van der Waals surface area contributed by atoms with Gasteiger partial charge in [0.25, 0.3) is 5.69 Å². The van der Waals surface area contributed by atoms with Gasteiger partial charge < -0.3 is 5.11 Å². The number of carboxylic acid groups (broad SMARTS) is 1. The molecule has 3 heterocycles. The summed E-state index contributed by atoms with van der Waals surface area (Å²) in [6.45, 7) is -0.371. The Morgan fingerprint density at radius 2 is 1.94 bits per heavy atom. The molecule has 3 atom stereocenters. The second-order valence-corrected chi connectivity index (χ2v) is 10.3. The molecule has 11 heteroatoms. The first kappa shape index (κ1) is 21.4. The second-order valence-electron chi connectivity index (χ2n) is 8.39. The van der Waals surface area contributed by atoms with Gasteiger partial charge in [0.1, 0.15) is 5.54 Å². The van der Waals surface area contributed by atoms with Crippen molar-refractivity contribution in [1.29, 1.82) is 0 Å². The highest BCUT2D eigenvalue weighted by Gasteiger charge is 2.60. The molecule has 0 radical (unpaired) electrons. The van der Waals surface area contributed by atoms with Crippen LogP contribution < -0.4 is 5.32 Å². The van der Waals surface area contributed by atoms with Crippen molar-refractivity contribution < 1.29 is 23.2 Å². The number of sulfonamides is 1. The lowest BCUT2D eigenvalue weighted by atomic mass is 9.88. The Labute approximate surface area is 189 Å². The van der Waals surface area contributed by atoms with Crippen LogP contribution in [-0.2, 0) is 14.8 Å². The molecule has 0 spiro atoms. The number of hydrogen-bond acceptors (Lipinski definition) is 7. The van der Waals surface area contributed by atoms with Crippen LogP contribution in [0.4, 0.5) is 5.69 Å². The summed E-state index contributed by atoms with van der Waals surface area (Å²) in [6, 6.07) is 14.3. The van der Waals surface area contributed by atoms with E-state index in [0.29, 0.717) is 6.42 Å². The fourth-order valence-corrected chi connectivity index (χ4v) is 6.60. The third-order valence-electron chi connectivity index (χ3n) is 6.57. The van der Waals surface area contributed by atoms with Crippen LogP contribution in [0.1, 0.15) is 18.0 Å². The van der Waals surface area contributed by atoms with Crippen molar-refractivity contribution in [1.82, 2.24) is 14.6 Å². The molecule has 5 rings (SSSR count). The van der Waals surface area contributed by atoms with Crippen LogP contribution in [0.25, 0.3) is 10.9 Å². The average Bonchev–Trinajstić information content (AvgIpc) is 3.35. The number of nitrogens with one attached hydrogen (secondary N) is 1. The van der Waals surface area contributed by atoms with Crippen LogP contribution in [0.5, 0.6) is 0 Å². The average molecular weight is 468 g/mol. The summed E-state index contributed by atoms with van der Waals surface area (Å²) in [7, 11) is -4.26. The van der Waals surface area contributed by atoms with Crippen LogP contribution >= 0.6 is 0 Å². The molecule has 2 fully saturated rings. The number of nitro benzene ring substituents is 1. The van der Waals surface area contributed by atoms with Gasteiger partial charge in [0.15, 0.2) is 4.90 Å². The van der Waals surface area contributed by atoms with Gasteiger partial charge in [-0.15, -0.1) is 0 Å². The minimum absolute atomic E-state index is 0.0504. The molecule has 2 aliphatic heterocycles. The smallest absolute Gasteiger partial charge is 0.325 e. The zero-order valence-electron chi connectivity index (χ0n) is 17.3. The SMILES string of the molecule is O=C(O)C12CN(S(=O)(=O)c3ccccc3[N+](=O)[O-])CC1CC(c1cnc3ccccc3c1)N2. The van der Waals surface area contributed by atoms with Crippen molar-refractivity contribution in [2.75, 3.05) is 13.1 Å². The summed E-state index contributed by atoms with van der Waals surface area (Å²) in [5.41, 5.74) is -0.370. The molecule has 2 aliphatic rings. The predicted molar refractivity (Wildman–Crippen MR) is 118 cm³/mol. The van der Waals surface area contributed by atoms with Gasteiger partial charge in [-0.2, -0.15) is 4.31 Å². The van der Waals surface area contributed by atoms with Crippen LogP contribution in [-0.4, -0.2) is 52.3 Å². The Hall–Kier alpha value is -3.41. The van der Waals surface area contributed by atoms with Crippen molar-refractivity contribution in [3.8, 4) is 0 Å². The number of hydrogen-bond donors (Lipinski definition) is 2. The van der Waals surface area contributed by atoms with Crippen molar-refractivity contribution >= 4 is 32.6 Å². The number of rotatable bonds is 5. The summed E-state index contributed by atoms with van der Waals surface area (Å²) < 4.78 is 27.5. The lowest BCUT2D eigenvalue weighted by Crippen LogP contribution is -2.54. The Bertz CT molecular complexity index is 1390. The van der Waals surface area contributed by atoms with E-state index in [1.165, 1.54) is 18.2 Å². The number of para-hydroxylation sites is 2. The molecule has 0 bridgehead atoms. The van der Waals surface area contributed by atoms with E-state index in [2.05, 4.69) is 10.3 Å². The van der Waals surface area contributed by atoms with E-state index < -0.39 is 43.0 Å². The van der Waals surface area contributed by atoms with Gasteiger partial charge in [-0.1, -0.05) is 30.3 Å². The first-order valence-electron chi connectivity index (χ1n) is 10.3. The van der Waals surface area contributed by atoms with Crippen molar-refractivity contribution in [2.24, 2.45) is 5.92 Å². The van der Waals surface area contributed by atoms with Crippen LogP contribution in [0.2, 0.25) is 0 Å². The number of nitrogens with zero attached hydrogens (tertiary/aromatic N) is 3. The number of aliphatic carboxylic acids is 1. The summed E-state index contributed by atoms with van der Waals surface area (Å²) in [4.78, 5) is 27.0. The van der Waals surface area contributed by atoms with E-state index in [4.69, 9.17) is 0 Å². The maximum absolute atomic E-state index is 13.2. The molecule has 3 aromatic rings. The van der Waals surface area contributed by atoms with Gasteiger partial charge in [0, 0.05) is 42.7 Å². The Balaban J connectivity index is 1.46. The van der Waals surface area contributed by atoms with Crippen molar-refractivity contribution in [2.45, 2.75) is 22.9 Å². The second kappa shape index (κ2) is 7.58. The number of nitro groups is 1. The van der Waals surface area contributed by atoms with Gasteiger partial charge in [0.05, 0.1) is 10.4 Å². The normalized spacial score (nSPS) is 25.2. The standard InChI is InChI=1S/C22H20N4O6S/c27-21(28)22-13-25(33(31,32)20-8-4-3-7-19(20)26(29)30)12-16(22)10-18(24-22)15-9-14-5-1-2-6-17(14)23-11-15/h1-9,11,16,18,24H,10,12-13H2,(H,27,28). The number of fused-ring (bicyclic) bond motifs is 2. The van der Waals surface area contributed by atoms with Crippen molar-refractivity contribution in [3.63, 3.8) is 0 Å². The summed E-state index contributed by atoms with van der Waals surface area (Å²) >= 11 is 0. The molecule has 10 nitrogen and oxygen atoms in total. The van der Waals surface area contributed by atoms with Gasteiger partial charge in [-0.05, 0) is 30.2 Å². The summed E-state index contributed by atoms with van der Waals surface area (Å²) in [5.74, 6) is -1.66. The molecule has 0 saturated carbocycles. The van der Waals surface area contributed by atoms with E-state index in [1.54, 1.807) is 6.20 Å². The summed E-state index contributed by atoms with van der Waals surface area (Å²) in [5, 5.41) is 25.5. The van der Waals surface area contributed by atoms with Crippen LogP contribution in [0.3, 0.4) is 0 Å².